The largest absolute Gasteiger partial charge is 0.342 e. The van der Waals surface area contributed by atoms with Gasteiger partial charge in [-0.1, -0.05) is 19.1 Å². The molecule has 17 heavy (non-hydrogen) atoms. The van der Waals surface area contributed by atoms with E-state index in [2.05, 4.69) is 42.8 Å². The second kappa shape index (κ2) is 3.88. The molecule has 2 aromatic rings. The molecule has 0 atom stereocenters. The molecule has 1 N–H and O–H groups in total. The van der Waals surface area contributed by atoms with Crippen LogP contribution in [-0.4, -0.2) is 11.1 Å². The van der Waals surface area contributed by atoms with Gasteiger partial charge in [-0.15, -0.1) is 0 Å². The van der Waals surface area contributed by atoms with E-state index in [0.29, 0.717) is 0 Å². The van der Waals surface area contributed by atoms with Crippen LogP contribution in [-0.2, 0) is 19.5 Å². The quantitative estimate of drug-likeness (QED) is 0.794. The lowest BCUT2D eigenvalue weighted by Crippen LogP contribution is -2.28. The van der Waals surface area contributed by atoms with Crippen LogP contribution in [0.3, 0.4) is 0 Å². The van der Waals surface area contributed by atoms with Crippen molar-refractivity contribution < 1.29 is 0 Å². The third-order valence-corrected chi connectivity index (χ3v) is 4.13. The van der Waals surface area contributed by atoms with E-state index >= 15 is 0 Å². The summed E-state index contributed by atoms with van der Waals surface area (Å²) >= 11 is 0. The second-order valence-electron chi connectivity index (χ2n) is 5.01. The maximum absolute atomic E-state index is 3.49. The number of nitrogens with zero attached hydrogens (tertiary/aromatic N) is 1. The number of aryl methyl sites for hydroxylation is 3. The smallest absolute Gasteiger partial charge is 0.0518 e. The summed E-state index contributed by atoms with van der Waals surface area (Å²) in [5.74, 6) is 0. The van der Waals surface area contributed by atoms with E-state index in [-0.39, 0.29) is 0 Å². The van der Waals surface area contributed by atoms with Gasteiger partial charge in [0.1, 0.15) is 0 Å². The molecule has 0 fully saturated rings. The minimum absolute atomic E-state index is 1.02. The van der Waals surface area contributed by atoms with Gasteiger partial charge in [-0.2, -0.15) is 0 Å². The van der Waals surface area contributed by atoms with Gasteiger partial charge in [0.2, 0.25) is 0 Å². The van der Waals surface area contributed by atoms with Gasteiger partial charge in [0, 0.05) is 30.7 Å². The van der Waals surface area contributed by atoms with E-state index in [4.69, 9.17) is 0 Å². The molecule has 0 saturated heterocycles. The van der Waals surface area contributed by atoms with Gasteiger partial charge >= 0.3 is 0 Å². The summed E-state index contributed by atoms with van der Waals surface area (Å²) < 4.78 is 2.53. The number of fused-ring (bicyclic) bond motifs is 3. The molecule has 0 spiro atoms. The molecule has 1 aliphatic rings. The Balaban J connectivity index is 2.43. The molecule has 2 heteroatoms. The van der Waals surface area contributed by atoms with Crippen LogP contribution >= 0.6 is 0 Å². The molecule has 3 rings (SSSR count). The molecule has 0 bridgehead atoms. The van der Waals surface area contributed by atoms with Gasteiger partial charge in [-0.3, -0.25) is 0 Å². The lowest BCUT2D eigenvalue weighted by atomic mass is 10.0. The van der Waals surface area contributed by atoms with Gasteiger partial charge in [0.25, 0.3) is 0 Å². The van der Waals surface area contributed by atoms with E-state index < -0.39 is 0 Å². The van der Waals surface area contributed by atoms with Crippen LogP contribution in [0.5, 0.6) is 0 Å². The van der Waals surface area contributed by atoms with E-state index in [1.807, 2.05) is 0 Å². The fourth-order valence-electron chi connectivity index (χ4n) is 3.09. The average Bonchev–Trinajstić information content (AvgIpc) is 2.68. The van der Waals surface area contributed by atoms with Crippen LogP contribution in [0.15, 0.2) is 12.1 Å². The van der Waals surface area contributed by atoms with Crippen molar-refractivity contribution in [2.45, 2.75) is 40.3 Å². The topological polar surface area (TPSA) is 17.0 Å². The van der Waals surface area contributed by atoms with Gasteiger partial charge in [0.15, 0.2) is 0 Å². The number of rotatable bonds is 1. The Hall–Kier alpha value is -1.28. The molecular formula is C15H20N2. The Morgan fingerprint density at radius 2 is 2.12 bits per heavy atom. The number of hydrogen-bond donors (Lipinski definition) is 1. The molecule has 1 aromatic carbocycles. The molecule has 0 amide bonds. The Morgan fingerprint density at radius 1 is 1.29 bits per heavy atom. The zero-order valence-corrected chi connectivity index (χ0v) is 10.9. The van der Waals surface area contributed by atoms with E-state index in [1.54, 1.807) is 0 Å². The minimum Gasteiger partial charge on any atom is -0.342 e. The zero-order chi connectivity index (χ0) is 12.0. The van der Waals surface area contributed by atoms with Crippen molar-refractivity contribution in [2.75, 3.05) is 6.54 Å². The van der Waals surface area contributed by atoms with Gasteiger partial charge < -0.3 is 9.88 Å². The highest BCUT2D eigenvalue weighted by atomic mass is 15.1. The fourth-order valence-corrected chi connectivity index (χ4v) is 3.09. The van der Waals surface area contributed by atoms with Crippen LogP contribution in [0.1, 0.15) is 29.3 Å². The number of benzene rings is 1. The number of aromatic nitrogens is 1. The molecule has 0 aliphatic carbocycles. The summed E-state index contributed by atoms with van der Waals surface area (Å²) in [5, 5.41) is 4.96. The van der Waals surface area contributed by atoms with E-state index in [1.165, 1.54) is 33.3 Å². The van der Waals surface area contributed by atoms with Crippen LogP contribution in [0.4, 0.5) is 0 Å². The van der Waals surface area contributed by atoms with Crippen molar-refractivity contribution in [3.05, 3.63) is 34.5 Å². The van der Waals surface area contributed by atoms with Crippen LogP contribution in [0.25, 0.3) is 10.9 Å². The molecule has 2 heterocycles. The first-order chi connectivity index (χ1) is 8.24. The van der Waals surface area contributed by atoms with E-state index in [9.17, 15) is 0 Å². The molecular weight excluding hydrogens is 208 g/mol. The summed E-state index contributed by atoms with van der Waals surface area (Å²) in [6, 6.07) is 4.57. The molecule has 1 aliphatic heterocycles. The Morgan fingerprint density at radius 3 is 2.88 bits per heavy atom. The lowest BCUT2D eigenvalue weighted by Gasteiger charge is -2.19. The predicted octanol–water partition coefficient (Wildman–Crippen LogP) is 2.92. The normalized spacial score (nSPS) is 15.2. The second-order valence-corrected chi connectivity index (χ2v) is 5.01. The van der Waals surface area contributed by atoms with Gasteiger partial charge in [0.05, 0.1) is 5.52 Å². The fraction of sp³-hybridized carbons (Fsp3) is 0.467. The van der Waals surface area contributed by atoms with E-state index in [0.717, 1.165) is 26.1 Å². The van der Waals surface area contributed by atoms with Crippen molar-refractivity contribution in [1.29, 1.82) is 0 Å². The summed E-state index contributed by atoms with van der Waals surface area (Å²) in [7, 11) is 0. The Kier molecular flexibility index (Phi) is 2.48. The highest BCUT2D eigenvalue weighted by Gasteiger charge is 2.19. The van der Waals surface area contributed by atoms with Crippen molar-refractivity contribution in [3.8, 4) is 0 Å². The van der Waals surface area contributed by atoms with Crippen molar-refractivity contribution in [3.63, 3.8) is 0 Å². The van der Waals surface area contributed by atoms with Crippen molar-refractivity contribution in [1.82, 2.24) is 9.88 Å². The zero-order valence-electron chi connectivity index (χ0n) is 10.9. The van der Waals surface area contributed by atoms with Crippen molar-refractivity contribution in [2.24, 2.45) is 0 Å². The lowest BCUT2D eigenvalue weighted by molar-refractivity contribution is 0.522. The first-order valence-corrected chi connectivity index (χ1v) is 6.55. The Bertz CT molecular complexity index is 578. The molecule has 0 radical (unpaired) electrons. The molecule has 0 unspecified atom stereocenters. The van der Waals surface area contributed by atoms with Crippen LogP contribution < -0.4 is 5.32 Å². The Labute approximate surface area is 103 Å². The summed E-state index contributed by atoms with van der Waals surface area (Å²) in [5.41, 5.74) is 7.36. The van der Waals surface area contributed by atoms with Crippen LogP contribution in [0.2, 0.25) is 0 Å². The predicted molar refractivity (Wildman–Crippen MR) is 72.5 cm³/mol. The first-order valence-electron chi connectivity index (χ1n) is 6.55. The molecule has 0 saturated carbocycles. The molecule has 2 nitrogen and oxygen atoms in total. The third kappa shape index (κ3) is 1.44. The summed E-state index contributed by atoms with van der Waals surface area (Å²) in [4.78, 5) is 0. The standard InChI is InChI=1S/C15H20N2/c1-4-12-13-6-5-10(2)11(3)15(13)17-8-7-16-9-14(12)17/h5-6,16H,4,7-9H2,1-3H3. The highest BCUT2D eigenvalue weighted by molar-refractivity contribution is 5.89. The monoisotopic (exact) mass is 228 g/mol. The maximum atomic E-state index is 3.49. The molecule has 90 valence electrons. The van der Waals surface area contributed by atoms with Gasteiger partial charge in [-0.25, -0.2) is 0 Å². The highest BCUT2D eigenvalue weighted by Crippen LogP contribution is 2.31. The first kappa shape index (κ1) is 10.8. The maximum Gasteiger partial charge on any atom is 0.0518 e. The van der Waals surface area contributed by atoms with Gasteiger partial charge in [-0.05, 0) is 37.0 Å². The number of hydrogen-bond acceptors (Lipinski definition) is 1. The summed E-state index contributed by atoms with van der Waals surface area (Å²) in [6.45, 7) is 9.95. The number of nitrogens with one attached hydrogen (secondary N) is 1. The third-order valence-electron chi connectivity index (χ3n) is 4.13. The summed E-state index contributed by atoms with van der Waals surface area (Å²) in [6.07, 6.45) is 1.13. The molecule has 1 aromatic heterocycles. The average molecular weight is 228 g/mol. The SMILES string of the molecule is CCc1c2n(c3c(C)c(C)ccc13)CCNC2. The minimum atomic E-state index is 1.02. The van der Waals surface area contributed by atoms with Crippen molar-refractivity contribution >= 4 is 10.9 Å². The van der Waals surface area contributed by atoms with Crippen LogP contribution in [0, 0.1) is 13.8 Å².